The third-order valence-corrected chi connectivity index (χ3v) is 5.28. The Morgan fingerprint density at radius 3 is 2.81 bits per heavy atom. The molecule has 3 aromatic rings. The second-order valence-electron chi connectivity index (χ2n) is 6.97. The molecule has 2 aromatic heterocycles. The molecule has 168 valence electrons. The van der Waals surface area contributed by atoms with Crippen LogP contribution >= 0.6 is 9.39 Å². The molecule has 3 N–H and O–H groups in total. The number of aldehydes is 1. The van der Waals surface area contributed by atoms with Gasteiger partial charge in [0.25, 0.3) is 0 Å². The quantitative estimate of drug-likeness (QED) is 0.221. The van der Waals surface area contributed by atoms with Crippen molar-refractivity contribution in [1.29, 1.82) is 0 Å². The van der Waals surface area contributed by atoms with Crippen LogP contribution in [0.3, 0.4) is 0 Å². The van der Waals surface area contributed by atoms with Gasteiger partial charge in [-0.05, 0) is 31.2 Å². The molecule has 1 unspecified atom stereocenters. The van der Waals surface area contributed by atoms with E-state index in [0.29, 0.717) is 35.2 Å². The molecule has 0 aliphatic carbocycles. The van der Waals surface area contributed by atoms with Crippen LogP contribution in [0.2, 0.25) is 0 Å². The fraction of sp³-hybridized carbons (Fsp3) is 0.227. The van der Waals surface area contributed by atoms with Crippen LogP contribution in [0.5, 0.6) is 5.75 Å². The van der Waals surface area contributed by atoms with E-state index in [1.54, 1.807) is 38.5 Å². The maximum absolute atomic E-state index is 14.7. The molecule has 0 amide bonds. The SMILES string of the molecule is CN=C(C)/C(CCOc1c(-c2ccc3ncc(CNP)n3c2)ccc(F)c1F)=C(\N)C=O. The molecule has 1 atom stereocenters. The van der Waals surface area contributed by atoms with Crippen molar-refractivity contribution in [1.82, 2.24) is 14.5 Å². The summed E-state index contributed by atoms with van der Waals surface area (Å²) in [5.41, 5.74) is 9.48. The number of hydrogen-bond donors (Lipinski definition) is 2. The lowest BCUT2D eigenvalue weighted by Gasteiger charge is -2.15. The molecule has 0 saturated carbocycles. The number of aromatic nitrogens is 2. The molecule has 1 aromatic carbocycles. The normalized spacial score (nSPS) is 12.7. The van der Waals surface area contributed by atoms with Gasteiger partial charge in [-0.1, -0.05) is 9.39 Å². The molecule has 0 saturated heterocycles. The highest BCUT2D eigenvalue weighted by Crippen LogP contribution is 2.34. The lowest BCUT2D eigenvalue weighted by Crippen LogP contribution is -2.13. The number of hydrogen-bond acceptors (Lipinski definition) is 6. The predicted octanol–water partition coefficient (Wildman–Crippen LogP) is 3.43. The smallest absolute Gasteiger partial charge is 0.201 e. The van der Waals surface area contributed by atoms with Crippen LogP contribution in [-0.2, 0) is 11.3 Å². The summed E-state index contributed by atoms with van der Waals surface area (Å²) < 4.78 is 36.3. The summed E-state index contributed by atoms with van der Waals surface area (Å²) in [7, 11) is 4.00. The number of carbonyl (C=O) groups excluding carboxylic acids is 1. The minimum absolute atomic E-state index is 0.0254. The molecule has 0 bridgehead atoms. The second-order valence-corrected chi connectivity index (χ2v) is 7.38. The number of halogens is 2. The van der Waals surface area contributed by atoms with Crippen LogP contribution in [0.4, 0.5) is 8.78 Å². The molecule has 0 radical (unpaired) electrons. The summed E-state index contributed by atoms with van der Waals surface area (Å²) in [6.45, 7) is 2.24. The number of benzene rings is 1. The number of allylic oxidation sites excluding steroid dienone is 1. The van der Waals surface area contributed by atoms with Crippen LogP contribution in [0.1, 0.15) is 19.0 Å². The molecule has 7 nitrogen and oxygen atoms in total. The molecule has 32 heavy (non-hydrogen) atoms. The second kappa shape index (κ2) is 10.4. The maximum Gasteiger partial charge on any atom is 0.201 e. The van der Waals surface area contributed by atoms with Crippen LogP contribution in [0, 0.1) is 11.6 Å². The zero-order valence-electron chi connectivity index (χ0n) is 17.7. The molecular weight excluding hydrogens is 435 g/mol. The summed E-state index contributed by atoms with van der Waals surface area (Å²) in [6, 6.07) is 6.09. The maximum atomic E-state index is 14.7. The third-order valence-electron chi connectivity index (χ3n) is 5.07. The zero-order valence-corrected chi connectivity index (χ0v) is 18.9. The van der Waals surface area contributed by atoms with Crippen molar-refractivity contribution in [2.24, 2.45) is 10.7 Å². The van der Waals surface area contributed by atoms with Gasteiger partial charge in [0.05, 0.1) is 24.2 Å². The van der Waals surface area contributed by atoms with E-state index < -0.39 is 11.6 Å². The molecule has 2 heterocycles. The predicted molar refractivity (Wildman–Crippen MR) is 124 cm³/mol. The minimum atomic E-state index is -1.09. The average molecular weight is 459 g/mol. The Kier molecular flexibility index (Phi) is 7.66. The van der Waals surface area contributed by atoms with Gasteiger partial charge in [-0.2, -0.15) is 4.39 Å². The lowest BCUT2D eigenvalue weighted by molar-refractivity contribution is -0.105. The van der Waals surface area contributed by atoms with Gasteiger partial charge in [-0.15, -0.1) is 0 Å². The summed E-state index contributed by atoms with van der Waals surface area (Å²) in [4.78, 5) is 19.5. The van der Waals surface area contributed by atoms with Crippen LogP contribution in [0.15, 0.2) is 52.9 Å². The highest BCUT2D eigenvalue weighted by Gasteiger charge is 2.18. The van der Waals surface area contributed by atoms with Gasteiger partial charge < -0.3 is 14.9 Å². The summed E-state index contributed by atoms with van der Waals surface area (Å²) in [5, 5.41) is 2.99. The largest absolute Gasteiger partial charge is 0.489 e. The van der Waals surface area contributed by atoms with E-state index in [9.17, 15) is 13.6 Å². The highest BCUT2D eigenvalue weighted by molar-refractivity contribution is 7.13. The number of carbonyl (C=O) groups is 1. The number of aliphatic imine (C=N–C) groups is 1. The van der Waals surface area contributed by atoms with E-state index in [1.807, 2.05) is 4.40 Å². The summed E-state index contributed by atoms with van der Waals surface area (Å²) in [6.07, 6.45) is 4.26. The number of imidazole rings is 1. The van der Waals surface area contributed by atoms with Crippen LogP contribution < -0.4 is 15.6 Å². The fourth-order valence-corrected chi connectivity index (χ4v) is 3.53. The third kappa shape index (κ3) is 4.84. The van der Waals surface area contributed by atoms with Crippen molar-refractivity contribution in [3.05, 3.63) is 65.3 Å². The Hall–Kier alpha value is -3.16. The first-order valence-corrected chi connectivity index (χ1v) is 10.4. The lowest BCUT2D eigenvalue weighted by atomic mass is 10.1. The van der Waals surface area contributed by atoms with Gasteiger partial charge in [0.15, 0.2) is 17.9 Å². The topological polar surface area (TPSA) is 94.0 Å². The molecule has 0 aliphatic rings. The average Bonchev–Trinajstić information content (AvgIpc) is 3.20. The number of ether oxygens (including phenoxy) is 1. The van der Waals surface area contributed by atoms with Crippen molar-refractivity contribution in [2.75, 3.05) is 13.7 Å². The number of pyridine rings is 1. The standard InChI is InChI=1S/C22H24F2N5O2P/c1-13(26-2)16(19(25)12-30)7-8-31-22-17(4-5-18(23)21(22)24)14-3-6-20-27-9-15(10-28-32)29(20)11-14/h3-6,9,11-12,28H,7-8,10,25,32H2,1-2H3/b19-16-,26-13?. The Bertz CT molecular complexity index is 1210. The first-order chi connectivity index (χ1) is 15.4. The summed E-state index contributed by atoms with van der Waals surface area (Å²) >= 11 is 0. The first-order valence-electron chi connectivity index (χ1n) is 9.79. The molecule has 0 spiro atoms. The van der Waals surface area contributed by atoms with Crippen molar-refractivity contribution < 1.29 is 18.3 Å². The van der Waals surface area contributed by atoms with E-state index in [4.69, 9.17) is 10.5 Å². The van der Waals surface area contributed by atoms with Crippen LogP contribution in [0.25, 0.3) is 16.8 Å². The molecular formula is C22H24F2N5O2P. The number of rotatable bonds is 9. The van der Waals surface area contributed by atoms with E-state index >= 15 is 0 Å². The van der Waals surface area contributed by atoms with Crippen molar-refractivity contribution in [2.45, 2.75) is 19.9 Å². The van der Waals surface area contributed by atoms with E-state index in [0.717, 1.165) is 17.4 Å². The molecule has 10 heteroatoms. The first kappa shape index (κ1) is 23.5. The van der Waals surface area contributed by atoms with E-state index in [2.05, 4.69) is 24.5 Å². The number of nitrogens with zero attached hydrogens (tertiary/aromatic N) is 3. The van der Waals surface area contributed by atoms with Gasteiger partial charge >= 0.3 is 0 Å². The fourth-order valence-electron chi connectivity index (χ4n) is 3.32. The van der Waals surface area contributed by atoms with Gasteiger partial charge in [0, 0.05) is 48.6 Å². The van der Waals surface area contributed by atoms with E-state index in [-0.39, 0.29) is 24.5 Å². The Balaban J connectivity index is 1.96. The zero-order chi connectivity index (χ0) is 23.3. The van der Waals surface area contributed by atoms with Gasteiger partial charge in [0.2, 0.25) is 5.82 Å². The van der Waals surface area contributed by atoms with Gasteiger partial charge in [0.1, 0.15) is 5.65 Å². The number of fused-ring (bicyclic) bond motifs is 1. The molecule has 0 fully saturated rings. The highest BCUT2D eigenvalue weighted by atomic mass is 31.0. The van der Waals surface area contributed by atoms with Crippen molar-refractivity contribution >= 4 is 27.0 Å². The van der Waals surface area contributed by atoms with Crippen LogP contribution in [-0.4, -0.2) is 35.0 Å². The van der Waals surface area contributed by atoms with Gasteiger partial charge in [-0.3, -0.25) is 14.9 Å². The summed E-state index contributed by atoms with van der Waals surface area (Å²) in [5.74, 6) is -2.32. The molecule has 0 aliphatic heterocycles. The number of nitrogens with one attached hydrogen (secondary N) is 1. The molecule has 3 rings (SSSR count). The van der Waals surface area contributed by atoms with Crippen molar-refractivity contribution in [3.63, 3.8) is 0 Å². The monoisotopic (exact) mass is 459 g/mol. The Labute approximate surface area is 186 Å². The Morgan fingerprint density at radius 1 is 1.34 bits per heavy atom. The van der Waals surface area contributed by atoms with Crippen molar-refractivity contribution in [3.8, 4) is 16.9 Å². The minimum Gasteiger partial charge on any atom is -0.489 e. The van der Waals surface area contributed by atoms with Gasteiger partial charge in [-0.25, -0.2) is 9.37 Å². The Morgan fingerprint density at radius 2 is 2.12 bits per heavy atom. The van der Waals surface area contributed by atoms with E-state index in [1.165, 1.54) is 6.07 Å². The number of nitrogens with two attached hydrogens (primary N) is 1.